The van der Waals surface area contributed by atoms with Crippen molar-refractivity contribution in [3.8, 4) is 0 Å². The summed E-state index contributed by atoms with van der Waals surface area (Å²) >= 11 is 1.71. The molecule has 0 amide bonds. The van der Waals surface area contributed by atoms with Crippen molar-refractivity contribution >= 4 is 11.8 Å². The molecule has 0 saturated heterocycles. The molecule has 0 radical (unpaired) electrons. The third kappa shape index (κ3) is 3.61. The summed E-state index contributed by atoms with van der Waals surface area (Å²) in [6, 6.07) is 8.28. The second kappa shape index (κ2) is 6.41. The Hall–Kier alpha value is -1.33. The molecule has 2 N–H and O–H groups in total. The van der Waals surface area contributed by atoms with Crippen molar-refractivity contribution in [1.29, 1.82) is 0 Å². The van der Waals surface area contributed by atoms with Gasteiger partial charge in [-0.1, -0.05) is 36.7 Å². The van der Waals surface area contributed by atoms with Gasteiger partial charge in [0.1, 0.15) is 0 Å². The monoisotopic (exact) mass is 291 g/mol. The van der Waals surface area contributed by atoms with Crippen LogP contribution in [0.4, 0.5) is 0 Å². The number of hydrogen-bond donors (Lipinski definition) is 1. The van der Waals surface area contributed by atoms with Crippen LogP contribution in [-0.4, -0.2) is 10.1 Å². The van der Waals surface area contributed by atoms with E-state index in [0.717, 1.165) is 12.8 Å². The highest BCUT2D eigenvalue weighted by molar-refractivity contribution is 7.98. The number of thioether (sulfide) groups is 1. The second-order valence-corrected chi connectivity index (χ2v) is 6.25. The van der Waals surface area contributed by atoms with E-state index in [0.29, 0.717) is 17.5 Å². The van der Waals surface area contributed by atoms with Gasteiger partial charge in [-0.3, -0.25) is 0 Å². The van der Waals surface area contributed by atoms with Crippen molar-refractivity contribution in [2.24, 2.45) is 5.73 Å². The van der Waals surface area contributed by atoms with Crippen molar-refractivity contribution in [2.75, 3.05) is 0 Å². The first kappa shape index (κ1) is 15.1. The van der Waals surface area contributed by atoms with E-state index in [-0.39, 0.29) is 0 Å². The van der Waals surface area contributed by atoms with Gasteiger partial charge in [-0.05, 0) is 31.9 Å². The van der Waals surface area contributed by atoms with E-state index in [1.807, 2.05) is 19.1 Å². The van der Waals surface area contributed by atoms with E-state index >= 15 is 0 Å². The smallest absolute Gasteiger partial charge is 0.246 e. The average Bonchev–Trinajstić information content (AvgIpc) is 2.87. The number of nitrogens with two attached hydrogens (primary N) is 1. The predicted octanol–water partition coefficient (Wildman–Crippen LogP) is 3.64. The highest BCUT2D eigenvalue weighted by Crippen LogP contribution is 2.26. The molecule has 0 spiro atoms. The highest BCUT2D eigenvalue weighted by atomic mass is 32.2. The van der Waals surface area contributed by atoms with Crippen molar-refractivity contribution in [2.45, 2.75) is 49.8 Å². The number of hydrogen-bond acceptors (Lipinski definition) is 5. The molecule has 20 heavy (non-hydrogen) atoms. The molecule has 0 fully saturated rings. The SMILES string of the molecule is CCCC(C)(N)c1nc(CSc2ccccc2C)no1. The molecule has 1 atom stereocenters. The maximum absolute atomic E-state index is 6.19. The standard InChI is InChI=1S/C15H21N3OS/c1-4-9-15(3,16)14-17-13(18-19-14)10-20-12-8-6-5-7-11(12)2/h5-8H,4,9-10,16H2,1-3H3. The molecule has 1 aromatic carbocycles. The van der Waals surface area contributed by atoms with Crippen LogP contribution < -0.4 is 5.73 Å². The Labute approximate surface area is 124 Å². The molecule has 0 bridgehead atoms. The zero-order valence-corrected chi connectivity index (χ0v) is 13.0. The molecule has 1 unspecified atom stereocenters. The van der Waals surface area contributed by atoms with Gasteiger partial charge >= 0.3 is 0 Å². The Balaban J connectivity index is 2.02. The summed E-state index contributed by atoms with van der Waals surface area (Å²) in [4.78, 5) is 5.66. The average molecular weight is 291 g/mol. The minimum atomic E-state index is -0.534. The highest BCUT2D eigenvalue weighted by Gasteiger charge is 2.27. The Morgan fingerprint density at radius 2 is 2.10 bits per heavy atom. The van der Waals surface area contributed by atoms with Crippen LogP contribution in [0.5, 0.6) is 0 Å². The molecule has 108 valence electrons. The van der Waals surface area contributed by atoms with E-state index < -0.39 is 5.54 Å². The molecular formula is C15H21N3OS. The van der Waals surface area contributed by atoms with Crippen LogP contribution >= 0.6 is 11.8 Å². The molecule has 2 rings (SSSR count). The van der Waals surface area contributed by atoms with E-state index in [1.54, 1.807) is 11.8 Å². The lowest BCUT2D eigenvalue weighted by Crippen LogP contribution is -2.33. The normalized spacial score (nSPS) is 14.2. The summed E-state index contributed by atoms with van der Waals surface area (Å²) in [5.41, 5.74) is 6.92. The van der Waals surface area contributed by atoms with E-state index in [9.17, 15) is 0 Å². The molecule has 1 heterocycles. The molecular weight excluding hydrogens is 270 g/mol. The summed E-state index contributed by atoms with van der Waals surface area (Å²) in [5.74, 6) is 1.91. The quantitative estimate of drug-likeness (QED) is 0.823. The summed E-state index contributed by atoms with van der Waals surface area (Å²) in [6.45, 7) is 6.13. The third-order valence-electron chi connectivity index (χ3n) is 3.18. The van der Waals surface area contributed by atoms with Gasteiger partial charge in [0.25, 0.3) is 0 Å². The minimum Gasteiger partial charge on any atom is -0.337 e. The lowest BCUT2D eigenvalue weighted by atomic mass is 9.98. The number of benzene rings is 1. The van der Waals surface area contributed by atoms with Crippen LogP contribution in [-0.2, 0) is 11.3 Å². The fourth-order valence-corrected chi connectivity index (χ4v) is 2.90. The molecule has 5 heteroatoms. The van der Waals surface area contributed by atoms with Crippen LogP contribution in [0.2, 0.25) is 0 Å². The minimum absolute atomic E-state index is 0.528. The summed E-state index contributed by atoms with van der Waals surface area (Å²) < 4.78 is 5.30. The largest absolute Gasteiger partial charge is 0.337 e. The maximum Gasteiger partial charge on any atom is 0.246 e. The van der Waals surface area contributed by atoms with E-state index in [2.05, 4.69) is 36.1 Å². The lowest BCUT2D eigenvalue weighted by molar-refractivity contribution is 0.282. The number of nitrogens with zero attached hydrogens (tertiary/aromatic N) is 2. The molecule has 2 aromatic rings. The van der Waals surface area contributed by atoms with Crippen molar-refractivity contribution < 1.29 is 4.52 Å². The van der Waals surface area contributed by atoms with Gasteiger partial charge in [-0.2, -0.15) is 4.98 Å². The number of aryl methyl sites for hydroxylation is 1. The van der Waals surface area contributed by atoms with Gasteiger partial charge in [0, 0.05) is 4.90 Å². The van der Waals surface area contributed by atoms with Gasteiger partial charge in [-0.25, -0.2) is 0 Å². The predicted molar refractivity (Wildman–Crippen MR) is 81.5 cm³/mol. The Bertz CT molecular complexity index is 566. The number of rotatable bonds is 6. The number of aromatic nitrogens is 2. The molecule has 1 aromatic heterocycles. The maximum atomic E-state index is 6.19. The first-order valence-corrected chi connectivity index (χ1v) is 7.82. The van der Waals surface area contributed by atoms with Crippen LogP contribution in [0, 0.1) is 6.92 Å². The van der Waals surface area contributed by atoms with Crippen LogP contribution in [0.3, 0.4) is 0 Å². The summed E-state index contributed by atoms with van der Waals surface area (Å²) in [6.07, 6.45) is 1.82. The van der Waals surface area contributed by atoms with Crippen molar-refractivity contribution in [3.05, 3.63) is 41.5 Å². The van der Waals surface area contributed by atoms with Crippen molar-refractivity contribution in [1.82, 2.24) is 10.1 Å². The zero-order valence-electron chi connectivity index (χ0n) is 12.2. The van der Waals surface area contributed by atoms with Crippen molar-refractivity contribution in [3.63, 3.8) is 0 Å². The lowest BCUT2D eigenvalue weighted by Gasteiger charge is -2.18. The van der Waals surface area contributed by atoms with E-state index in [1.165, 1.54) is 10.5 Å². The fraction of sp³-hybridized carbons (Fsp3) is 0.467. The molecule has 0 saturated carbocycles. The first-order valence-electron chi connectivity index (χ1n) is 6.83. The topological polar surface area (TPSA) is 64.9 Å². The molecule has 0 aliphatic rings. The fourth-order valence-electron chi connectivity index (χ4n) is 2.03. The summed E-state index contributed by atoms with van der Waals surface area (Å²) in [7, 11) is 0. The second-order valence-electron chi connectivity index (χ2n) is 5.24. The van der Waals surface area contributed by atoms with Gasteiger partial charge in [0.05, 0.1) is 11.3 Å². The molecule has 0 aliphatic heterocycles. The van der Waals surface area contributed by atoms with Gasteiger partial charge in [0.2, 0.25) is 5.89 Å². The van der Waals surface area contributed by atoms with Crippen LogP contribution in [0.1, 0.15) is 44.0 Å². The van der Waals surface area contributed by atoms with Crippen LogP contribution in [0.25, 0.3) is 0 Å². The first-order chi connectivity index (χ1) is 9.53. The Morgan fingerprint density at radius 3 is 2.80 bits per heavy atom. The van der Waals surface area contributed by atoms with E-state index in [4.69, 9.17) is 10.3 Å². The molecule has 0 aliphatic carbocycles. The van der Waals surface area contributed by atoms with Crippen LogP contribution in [0.15, 0.2) is 33.7 Å². The van der Waals surface area contributed by atoms with Gasteiger partial charge < -0.3 is 10.3 Å². The van der Waals surface area contributed by atoms with Gasteiger partial charge in [0.15, 0.2) is 5.82 Å². The Morgan fingerprint density at radius 1 is 1.35 bits per heavy atom. The molecule has 4 nitrogen and oxygen atoms in total. The zero-order chi connectivity index (χ0) is 14.6. The Kier molecular flexibility index (Phi) is 4.83. The third-order valence-corrected chi connectivity index (χ3v) is 4.35. The summed E-state index contributed by atoms with van der Waals surface area (Å²) in [5, 5.41) is 4.02. The van der Waals surface area contributed by atoms with Gasteiger partial charge in [-0.15, -0.1) is 11.8 Å².